The molecule has 1 saturated heterocycles. The van der Waals surface area contributed by atoms with Crippen LogP contribution in [0.3, 0.4) is 0 Å². The van der Waals surface area contributed by atoms with E-state index in [1.54, 1.807) is 17.9 Å². The van der Waals surface area contributed by atoms with E-state index >= 15 is 0 Å². The Bertz CT molecular complexity index is 1370. The summed E-state index contributed by atoms with van der Waals surface area (Å²) in [5.74, 6) is 2.35. The zero-order chi connectivity index (χ0) is 21.3. The Kier molecular flexibility index (Phi) is 4.13. The smallest absolute Gasteiger partial charge is 0.280 e. The lowest BCUT2D eigenvalue weighted by Crippen LogP contribution is -2.23. The normalized spacial score (nSPS) is 22.3. The van der Waals surface area contributed by atoms with Crippen molar-refractivity contribution in [3.05, 3.63) is 63.0 Å². The maximum Gasteiger partial charge on any atom is 0.280 e. The lowest BCUT2D eigenvalue weighted by molar-refractivity contribution is 0.363. The van der Waals surface area contributed by atoms with Crippen molar-refractivity contribution in [1.29, 1.82) is 0 Å². The van der Waals surface area contributed by atoms with Crippen LogP contribution in [0.25, 0.3) is 11.2 Å². The Balaban J connectivity index is 1.16. The van der Waals surface area contributed by atoms with Gasteiger partial charge in [-0.15, -0.1) is 0 Å². The average Bonchev–Trinajstić information content (AvgIpc) is 3.18. The second-order valence-electron chi connectivity index (χ2n) is 8.11. The number of aromatic nitrogens is 6. The Labute approximate surface area is 186 Å². The second kappa shape index (κ2) is 6.80. The number of hydrogen-bond donors (Lipinski definition) is 0. The summed E-state index contributed by atoms with van der Waals surface area (Å²) in [6.45, 7) is 2.01. The van der Waals surface area contributed by atoms with Gasteiger partial charge in [0, 0.05) is 31.7 Å². The van der Waals surface area contributed by atoms with Crippen molar-refractivity contribution < 1.29 is 4.52 Å². The number of hydrogen-bond acceptors (Lipinski definition) is 7. The minimum Gasteiger partial charge on any atom is -0.371 e. The highest BCUT2D eigenvalue weighted by molar-refractivity contribution is 6.42. The molecule has 3 atom stereocenters. The van der Waals surface area contributed by atoms with Crippen molar-refractivity contribution in [2.24, 2.45) is 18.9 Å². The first-order valence-corrected chi connectivity index (χ1v) is 10.6. The van der Waals surface area contributed by atoms with Crippen LogP contribution in [-0.4, -0.2) is 42.3 Å². The van der Waals surface area contributed by atoms with Crippen molar-refractivity contribution in [2.45, 2.75) is 12.5 Å². The van der Waals surface area contributed by atoms with Gasteiger partial charge in [-0.1, -0.05) is 28.4 Å². The van der Waals surface area contributed by atoms with Gasteiger partial charge in [-0.05, 0) is 30.0 Å². The average molecular weight is 458 g/mol. The molecular weight excluding hydrogens is 441 g/mol. The van der Waals surface area contributed by atoms with Gasteiger partial charge in [-0.25, -0.2) is 9.97 Å². The van der Waals surface area contributed by atoms with Crippen LogP contribution in [0, 0.1) is 11.8 Å². The van der Waals surface area contributed by atoms with E-state index < -0.39 is 0 Å². The third kappa shape index (κ3) is 3.02. The number of benzene rings is 1. The van der Waals surface area contributed by atoms with Gasteiger partial charge >= 0.3 is 0 Å². The minimum atomic E-state index is -0.190. The van der Waals surface area contributed by atoms with Crippen LogP contribution >= 0.6 is 23.2 Å². The van der Waals surface area contributed by atoms with Gasteiger partial charge in [-0.3, -0.25) is 9.36 Å². The molecule has 4 heterocycles. The number of anilines is 1. The Morgan fingerprint density at radius 3 is 2.68 bits per heavy atom. The fourth-order valence-electron chi connectivity index (χ4n) is 4.60. The van der Waals surface area contributed by atoms with E-state index in [0.717, 1.165) is 18.8 Å². The van der Waals surface area contributed by atoms with E-state index in [-0.39, 0.29) is 18.0 Å². The molecule has 2 aliphatic rings. The molecule has 1 aliphatic heterocycles. The van der Waals surface area contributed by atoms with Gasteiger partial charge in [0.15, 0.2) is 17.0 Å². The second-order valence-corrected chi connectivity index (χ2v) is 8.92. The molecule has 31 heavy (non-hydrogen) atoms. The maximum atomic E-state index is 12.7. The fraction of sp³-hybridized carbons (Fsp3) is 0.350. The molecule has 2 unspecified atom stereocenters. The van der Waals surface area contributed by atoms with Gasteiger partial charge in [-0.2, -0.15) is 4.98 Å². The zero-order valence-corrected chi connectivity index (χ0v) is 18.0. The highest BCUT2D eigenvalue weighted by Crippen LogP contribution is 2.58. The van der Waals surface area contributed by atoms with Gasteiger partial charge in [0.25, 0.3) is 5.56 Å². The van der Waals surface area contributed by atoms with E-state index in [0.29, 0.717) is 44.8 Å². The summed E-state index contributed by atoms with van der Waals surface area (Å²) in [6, 6.07) is 5.72. The van der Waals surface area contributed by atoms with E-state index in [4.69, 9.17) is 27.7 Å². The van der Waals surface area contributed by atoms with E-state index in [1.165, 1.54) is 10.9 Å². The molecular formula is C20H17Cl2N7O2. The number of piperidine rings is 1. The Morgan fingerprint density at radius 2 is 1.90 bits per heavy atom. The Morgan fingerprint density at radius 1 is 1.13 bits per heavy atom. The quantitative estimate of drug-likeness (QED) is 0.464. The van der Waals surface area contributed by atoms with Crippen molar-refractivity contribution >= 4 is 40.1 Å². The molecule has 0 bridgehead atoms. The summed E-state index contributed by atoms with van der Waals surface area (Å²) in [4.78, 5) is 27.9. The molecule has 2 fully saturated rings. The summed E-state index contributed by atoms with van der Waals surface area (Å²) >= 11 is 12.2. The van der Waals surface area contributed by atoms with Crippen molar-refractivity contribution in [3.63, 3.8) is 0 Å². The van der Waals surface area contributed by atoms with Crippen LogP contribution in [-0.2, 0) is 13.6 Å². The third-order valence-electron chi connectivity index (χ3n) is 6.25. The molecule has 0 spiro atoms. The molecule has 1 saturated carbocycles. The number of fused-ring (bicyclic) bond motifs is 2. The summed E-state index contributed by atoms with van der Waals surface area (Å²) in [6.07, 6.45) is 3.03. The first kappa shape index (κ1) is 18.8. The molecule has 3 aromatic heterocycles. The number of imidazole rings is 1. The summed E-state index contributed by atoms with van der Waals surface area (Å²) in [5.41, 5.74) is 1.76. The first-order chi connectivity index (χ1) is 15.0. The number of aryl methyl sites for hydroxylation is 1. The van der Waals surface area contributed by atoms with Gasteiger partial charge in [0.2, 0.25) is 5.89 Å². The summed E-state index contributed by atoms with van der Waals surface area (Å²) < 4.78 is 8.56. The molecule has 0 amide bonds. The highest BCUT2D eigenvalue weighted by Gasteiger charge is 2.58. The number of halogens is 2. The minimum absolute atomic E-state index is 0.178. The van der Waals surface area contributed by atoms with Gasteiger partial charge < -0.3 is 14.0 Å². The van der Waals surface area contributed by atoms with Crippen molar-refractivity contribution in [2.75, 3.05) is 18.0 Å². The van der Waals surface area contributed by atoms with Crippen LogP contribution in [0.4, 0.5) is 5.69 Å². The fourth-order valence-corrected chi connectivity index (χ4v) is 4.89. The number of nitrogens with zero attached hydrogens (tertiary/aromatic N) is 7. The molecule has 1 aromatic carbocycles. The molecule has 4 aromatic rings. The van der Waals surface area contributed by atoms with Gasteiger partial charge in [0.1, 0.15) is 12.9 Å². The molecule has 6 rings (SSSR count). The first-order valence-electron chi connectivity index (χ1n) is 9.88. The predicted octanol–water partition coefficient (Wildman–Crippen LogP) is 2.72. The molecule has 0 N–H and O–H groups in total. The Hall–Kier alpha value is -2.91. The maximum absolute atomic E-state index is 12.7. The van der Waals surface area contributed by atoms with Crippen molar-refractivity contribution in [1.82, 2.24) is 29.2 Å². The summed E-state index contributed by atoms with van der Waals surface area (Å²) in [5, 5.41) is 5.31. The van der Waals surface area contributed by atoms with Crippen LogP contribution in [0.1, 0.15) is 17.6 Å². The van der Waals surface area contributed by atoms with Gasteiger partial charge in [0.05, 0.1) is 16.4 Å². The van der Waals surface area contributed by atoms with E-state index in [9.17, 15) is 4.79 Å². The van der Waals surface area contributed by atoms with E-state index in [2.05, 4.69) is 25.0 Å². The van der Waals surface area contributed by atoms with Crippen LogP contribution < -0.4 is 10.5 Å². The topological polar surface area (TPSA) is 94.9 Å². The van der Waals surface area contributed by atoms with E-state index in [1.807, 2.05) is 18.2 Å². The van der Waals surface area contributed by atoms with Crippen molar-refractivity contribution in [3.8, 4) is 0 Å². The molecule has 11 heteroatoms. The lowest BCUT2D eigenvalue weighted by Gasteiger charge is -2.21. The predicted molar refractivity (Wildman–Crippen MR) is 115 cm³/mol. The third-order valence-corrected chi connectivity index (χ3v) is 6.99. The highest BCUT2D eigenvalue weighted by atomic mass is 35.5. The zero-order valence-electron chi connectivity index (χ0n) is 16.4. The molecule has 0 radical (unpaired) electrons. The van der Waals surface area contributed by atoms with Crippen LogP contribution in [0.2, 0.25) is 10.0 Å². The summed E-state index contributed by atoms with van der Waals surface area (Å²) in [7, 11) is 1.76. The standard InChI is InChI=1S/C20H17Cl2N7O2/c1-27-8-23-19-17(27)20(30)29(9-24-19)7-15-25-18(26-31-15)16-11-5-28(6-12(11)16)10-2-3-13(21)14(22)4-10/h2-4,8-9,11-12,16H,5-7H2,1H3/t11-,12?,16?/m0/s1. The SMILES string of the molecule is Cn1cnc2ncn(Cc3nc(C4C5CN(c6ccc(Cl)c(Cl)c6)C[C@@H]54)no3)c(=O)c21. The number of rotatable bonds is 4. The molecule has 158 valence electrons. The lowest BCUT2D eigenvalue weighted by atomic mass is 10.2. The molecule has 9 nitrogen and oxygen atoms in total. The van der Waals surface area contributed by atoms with Crippen LogP contribution in [0.5, 0.6) is 0 Å². The largest absolute Gasteiger partial charge is 0.371 e. The van der Waals surface area contributed by atoms with Crippen LogP contribution in [0.15, 0.2) is 40.2 Å². The molecule has 1 aliphatic carbocycles. The monoisotopic (exact) mass is 457 g/mol.